The molecule has 0 heterocycles. The first-order chi connectivity index (χ1) is 8.06. The van der Waals surface area contributed by atoms with Crippen molar-refractivity contribution in [1.82, 2.24) is 5.32 Å². The highest BCUT2D eigenvalue weighted by Crippen LogP contribution is 2.21. The molecule has 0 spiro atoms. The van der Waals surface area contributed by atoms with Gasteiger partial charge in [-0.25, -0.2) is 4.39 Å². The van der Waals surface area contributed by atoms with Crippen molar-refractivity contribution in [3.8, 4) is 0 Å². The highest BCUT2D eigenvalue weighted by Gasteiger charge is 2.07. The van der Waals surface area contributed by atoms with Crippen LogP contribution in [0.25, 0.3) is 6.08 Å². The van der Waals surface area contributed by atoms with Crippen LogP contribution in [-0.2, 0) is 0 Å². The summed E-state index contributed by atoms with van der Waals surface area (Å²) in [6, 6.07) is 5.07. The van der Waals surface area contributed by atoms with E-state index in [1.165, 1.54) is 5.57 Å². The van der Waals surface area contributed by atoms with Crippen molar-refractivity contribution < 1.29 is 4.39 Å². The minimum atomic E-state index is -0.344. The summed E-state index contributed by atoms with van der Waals surface area (Å²) in [7, 11) is 0. The van der Waals surface area contributed by atoms with E-state index in [-0.39, 0.29) is 10.8 Å². The van der Waals surface area contributed by atoms with E-state index >= 15 is 0 Å². The predicted molar refractivity (Wildman–Crippen MR) is 72.8 cm³/mol. The molecule has 0 aliphatic carbocycles. The Morgan fingerprint density at radius 2 is 2.18 bits per heavy atom. The average molecular weight is 256 g/mol. The standard InChI is InChI=1S/C14H19ClFN/c1-4-17-9-12(10(2)3)8-11-6-5-7-13(15)14(11)16/h5-8,10,17H,4,9H2,1-3H3/b12-8-. The summed E-state index contributed by atoms with van der Waals surface area (Å²) in [5, 5.41) is 3.43. The molecule has 0 amide bonds. The Morgan fingerprint density at radius 3 is 2.76 bits per heavy atom. The van der Waals surface area contributed by atoms with Gasteiger partial charge in [-0.15, -0.1) is 0 Å². The van der Waals surface area contributed by atoms with Gasteiger partial charge in [0.1, 0.15) is 5.82 Å². The average Bonchev–Trinajstić information content (AvgIpc) is 2.29. The van der Waals surface area contributed by atoms with Crippen LogP contribution in [0.2, 0.25) is 5.02 Å². The van der Waals surface area contributed by atoms with Crippen molar-refractivity contribution >= 4 is 17.7 Å². The number of likely N-dealkylation sites (N-methyl/N-ethyl adjacent to an activating group) is 1. The summed E-state index contributed by atoms with van der Waals surface area (Å²) in [4.78, 5) is 0. The lowest BCUT2D eigenvalue weighted by atomic mass is 10.00. The van der Waals surface area contributed by atoms with Gasteiger partial charge in [-0.2, -0.15) is 0 Å². The lowest BCUT2D eigenvalue weighted by Gasteiger charge is -2.12. The maximum Gasteiger partial charge on any atom is 0.148 e. The Morgan fingerprint density at radius 1 is 1.47 bits per heavy atom. The minimum Gasteiger partial charge on any atom is -0.313 e. The normalized spacial score (nSPS) is 12.2. The first kappa shape index (κ1) is 14.2. The van der Waals surface area contributed by atoms with Crippen molar-refractivity contribution in [1.29, 1.82) is 0 Å². The molecule has 0 aliphatic rings. The quantitative estimate of drug-likeness (QED) is 0.834. The van der Waals surface area contributed by atoms with Gasteiger partial charge >= 0.3 is 0 Å². The molecule has 1 N–H and O–H groups in total. The molecule has 0 atom stereocenters. The van der Waals surface area contributed by atoms with E-state index in [0.29, 0.717) is 11.5 Å². The van der Waals surface area contributed by atoms with Gasteiger partial charge in [0.05, 0.1) is 5.02 Å². The molecule has 1 aromatic rings. The zero-order valence-electron chi connectivity index (χ0n) is 10.6. The molecule has 0 saturated heterocycles. The van der Waals surface area contributed by atoms with E-state index in [4.69, 9.17) is 11.6 Å². The Balaban J connectivity index is 3.00. The molecule has 3 heteroatoms. The fraction of sp³-hybridized carbons (Fsp3) is 0.429. The number of rotatable bonds is 5. The summed E-state index contributed by atoms with van der Waals surface area (Å²) >= 11 is 5.76. The van der Waals surface area contributed by atoms with Gasteiger partial charge in [-0.05, 0) is 18.5 Å². The van der Waals surface area contributed by atoms with Crippen LogP contribution in [0.3, 0.4) is 0 Å². The molecule has 17 heavy (non-hydrogen) atoms. The lowest BCUT2D eigenvalue weighted by Crippen LogP contribution is -2.18. The number of nitrogens with one attached hydrogen (secondary N) is 1. The van der Waals surface area contributed by atoms with E-state index < -0.39 is 0 Å². The number of halogens is 2. The molecule has 1 aromatic carbocycles. The van der Waals surface area contributed by atoms with Gasteiger partial charge < -0.3 is 5.32 Å². The van der Waals surface area contributed by atoms with Gasteiger partial charge in [-0.1, -0.05) is 56.2 Å². The van der Waals surface area contributed by atoms with Crippen LogP contribution in [0.4, 0.5) is 4.39 Å². The monoisotopic (exact) mass is 255 g/mol. The molecule has 0 aliphatic heterocycles. The van der Waals surface area contributed by atoms with E-state index in [9.17, 15) is 4.39 Å². The second-order valence-electron chi connectivity index (χ2n) is 4.30. The highest BCUT2D eigenvalue weighted by molar-refractivity contribution is 6.30. The van der Waals surface area contributed by atoms with Crippen LogP contribution in [0.5, 0.6) is 0 Å². The van der Waals surface area contributed by atoms with Crippen LogP contribution in [0, 0.1) is 11.7 Å². The third-order valence-corrected chi connectivity index (χ3v) is 2.93. The summed E-state index contributed by atoms with van der Waals surface area (Å²) in [6.45, 7) is 7.94. The van der Waals surface area contributed by atoms with Crippen LogP contribution in [0.1, 0.15) is 26.3 Å². The maximum atomic E-state index is 13.8. The molecule has 0 aromatic heterocycles. The molecule has 0 radical (unpaired) electrons. The van der Waals surface area contributed by atoms with Crippen LogP contribution in [0.15, 0.2) is 23.8 Å². The van der Waals surface area contributed by atoms with Gasteiger partial charge in [0.2, 0.25) is 0 Å². The number of benzene rings is 1. The first-order valence-corrected chi connectivity index (χ1v) is 6.29. The van der Waals surface area contributed by atoms with Gasteiger partial charge in [0, 0.05) is 12.1 Å². The lowest BCUT2D eigenvalue weighted by molar-refractivity contribution is 0.624. The third-order valence-electron chi connectivity index (χ3n) is 2.64. The smallest absolute Gasteiger partial charge is 0.148 e. The minimum absolute atomic E-state index is 0.172. The van der Waals surface area contributed by atoms with E-state index in [1.54, 1.807) is 18.2 Å². The summed E-state index contributed by atoms with van der Waals surface area (Å²) in [5.41, 5.74) is 1.73. The van der Waals surface area contributed by atoms with Gasteiger partial charge in [0.15, 0.2) is 0 Å². The summed E-state index contributed by atoms with van der Waals surface area (Å²) in [6.07, 6.45) is 1.88. The van der Waals surface area contributed by atoms with Crippen molar-refractivity contribution in [2.45, 2.75) is 20.8 Å². The zero-order valence-corrected chi connectivity index (χ0v) is 11.3. The molecule has 94 valence electrons. The molecule has 0 fully saturated rings. The second kappa shape index (κ2) is 6.77. The van der Waals surface area contributed by atoms with E-state index in [2.05, 4.69) is 26.1 Å². The zero-order chi connectivity index (χ0) is 12.8. The molecule has 0 saturated carbocycles. The molecular formula is C14H19ClFN. The Hall–Kier alpha value is -0.860. The van der Waals surface area contributed by atoms with E-state index in [1.807, 2.05) is 6.08 Å². The topological polar surface area (TPSA) is 12.0 Å². The van der Waals surface area contributed by atoms with Crippen molar-refractivity contribution in [3.05, 3.63) is 40.2 Å². The fourth-order valence-electron chi connectivity index (χ4n) is 1.52. The van der Waals surface area contributed by atoms with Crippen molar-refractivity contribution in [2.75, 3.05) is 13.1 Å². The SMILES string of the molecule is CCNC/C(=C/c1cccc(Cl)c1F)C(C)C. The highest BCUT2D eigenvalue weighted by atomic mass is 35.5. The van der Waals surface area contributed by atoms with Gasteiger partial charge in [-0.3, -0.25) is 0 Å². The molecule has 1 nitrogen and oxygen atoms in total. The van der Waals surface area contributed by atoms with Crippen LogP contribution >= 0.6 is 11.6 Å². The largest absolute Gasteiger partial charge is 0.313 e. The first-order valence-electron chi connectivity index (χ1n) is 5.91. The molecular weight excluding hydrogens is 237 g/mol. The third kappa shape index (κ3) is 4.14. The second-order valence-corrected chi connectivity index (χ2v) is 4.70. The van der Waals surface area contributed by atoms with E-state index in [0.717, 1.165) is 13.1 Å². The maximum absolute atomic E-state index is 13.8. The van der Waals surface area contributed by atoms with Crippen molar-refractivity contribution in [2.24, 2.45) is 5.92 Å². The van der Waals surface area contributed by atoms with Gasteiger partial charge in [0.25, 0.3) is 0 Å². The summed E-state index contributed by atoms with van der Waals surface area (Å²) in [5.74, 6) is 0.0382. The Labute approximate surface area is 108 Å². The number of hydrogen-bond acceptors (Lipinski definition) is 1. The Bertz CT molecular complexity index is 399. The molecule has 1 rings (SSSR count). The van der Waals surface area contributed by atoms with Crippen LogP contribution < -0.4 is 5.32 Å². The fourth-order valence-corrected chi connectivity index (χ4v) is 1.70. The number of hydrogen-bond donors (Lipinski definition) is 1. The molecule has 0 bridgehead atoms. The molecule has 0 unspecified atom stereocenters. The van der Waals surface area contributed by atoms with Crippen molar-refractivity contribution in [3.63, 3.8) is 0 Å². The predicted octanol–water partition coefficient (Wildman–Crippen LogP) is 4.13. The Kier molecular flexibility index (Phi) is 5.66. The van der Waals surface area contributed by atoms with Crippen LogP contribution in [-0.4, -0.2) is 13.1 Å². The summed E-state index contributed by atoms with van der Waals surface area (Å²) < 4.78 is 13.8.